The molecule has 3 N–H and O–H groups in total. The number of nitrogens with zero attached hydrogens (tertiary/aromatic N) is 4. The number of nitrogens with one attached hydrogen (secondary N) is 1. The van der Waals surface area contributed by atoms with Gasteiger partial charge in [-0.15, -0.1) is 0 Å². The summed E-state index contributed by atoms with van der Waals surface area (Å²) in [5, 5.41) is 2.56. The van der Waals surface area contributed by atoms with Gasteiger partial charge in [0.1, 0.15) is 37.8 Å². The third-order valence-corrected chi connectivity index (χ3v) is 4.54. The van der Waals surface area contributed by atoms with Crippen molar-refractivity contribution in [3.05, 3.63) is 48.5 Å². The third kappa shape index (κ3) is 6.14. The molecule has 2 heterocycles. The summed E-state index contributed by atoms with van der Waals surface area (Å²) in [6, 6.07) is 8.43. The van der Waals surface area contributed by atoms with Crippen LogP contribution in [0.4, 0.5) is 10.6 Å². The number of carbonyl (C=O) groups is 2. The van der Waals surface area contributed by atoms with Gasteiger partial charge in [0.25, 0.3) is 0 Å². The molecule has 1 aromatic carbocycles. The van der Waals surface area contributed by atoms with Gasteiger partial charge in [0, 0.05) is 0 Å². The highest BCUT2D eigenvalue weighted by molar-refractivity contribution is 5.82. The molecule has 0 saturated carbocycles. The van der Waals surface area contributed by atoms with E-state index in [-0.39, 0.29) is 38.3 Å². The lowest BCUT2D eigenvalue weighted by Crippen LogP contribution is -2.45. The highest BCUT2D eigenvalue weighted by Gasteiger charge is 2.26. The molecule has 11 heteroatoms. The Balaban J connectivity index is 1.40. The predicted octanol–water partition coefficient (Wildman–Crippen LogP) is 1.88. The number of nitrogens with two attached hydrogens (primary N) is 1. The van der Waals surface area contributed by atoms with Crippen LogP contribution in [-0.2, 0) is 32.3 Å². The number of anilines is 1. The summed E-state index contributed by atoms with van der Waals surface area (Å²) in [6.07, 6.45) is 2.21. The molecular formula is C21H26N6O5. The van der Waals surface area contributed by atoms with Crippen molar-refractivity contribution < 1.29 is 23.8 Å². The molecule has 3 aromatic rings. The van der Waals surface area contributed by atoms with Gasteiger partial charge in [-0.05, 0) is 11.5 Å². The van der Waals surface area contributed by atoms with Crippen LogP contribution in [-0.4, -0.2) is 50.8 Å². The highest BCUT2D eigenvalue weighted by Crippen LogP contribution is 2.14. The second-order valence-electron chi connectivity index (χ2n) is 7.28. The van der Waals surface area contributed by atoms with Gasteiger partial charge in [-0.2, -0.15) is 0 Å². The zero-order valence-corrected chi connectivity index (χ0v) is 17.9. The van der Waals surface area contributed by atoms with Crippen LogP contribution in [0, 0.1) is 5.92 Å². The number of ether oxygens (including phenoxy) is 3. The van der Waals surface area contributed by atoms with Crippen molar-refractivity contribution in [1.82, 2.24) is 24.8 Å². The summed E-state index contributed by atoms with van der Waals surface area (Å²) in [6.45, 7) is 4.04. The topological polar surface area (TPSA) is 143 Å². The van der Waals surface area contributed by atoms with E-state index < -0.39 is 18.1 Å². The molecule has 0 aliphatic heterocycles. The van der Waals surface area contributed by atoms with E-state index in [1.54, 1.807) is 24.7 Å². The maximum Gasteiger partial charge on any atom is 0.408 e. The van der Waals surface area contributed by atoms with Crippen LogP contribution in [0.5, 0.6) is 0 Å². The van der Waals surface area contributed by atoms with Crippen LogP contribution in [0.2, 0.25) is 0 Å². The van der Waals surface area contributed by atoms with Gasteiger partial charge in [-0.25, -0.2) is 24.5 Å². The number of hydrogen-bond acceptors (Lipinski definition) is 9. The number of amides is 1. The molecule has 0 bridgehead atoms. The van der Waals surface area contributed by atoms with E-state index >= 15 is 0 Å². The molecule has 32 heavy (non-hydrogen) atoms. The van der Waals surface area contributed by atoms with Crippen molar-refractivity contribution in [2.24, 2.45) is 5.92 Å². The van der Waals surface area contributed by atoms with Crippen molar-refractivity contribution in [2.45, 2.75) is 33.2 Å². The molecule has 1 amide bonds. The van der Waals surface area contributed by atoms with E-state index in [1.807, 2.05) is 30.3 Å². The Morgan fingerprint density at radius 3 is 2.62 bits per heavy atom. The number of aromatic nitrogens is 4. The predicted molar refractivity (Wildman–Crippen MR) is 115 cm³/mol. The van der Waals surface area contributed by atoms with Crippen molar-refractivity contribution in [1.29, 1.82) is 0 Å². The second kappa shape index (κ2) is 11.0. The Morgan fingerprint density at radius 1 is 1.09 bits per heavy atom. The van der Waals surface area contributed by atoms with Crippen LogP contribution in [0.1, 0.15) is 19.4 Å². The number of esters is 1. The van der Waals surface area contributed by atoms with Crippen molar-refractivity contribution >= 4 is 29.0 Å². The summed E-state index contributed by atoms with van der Waals surface area (Å²) in [5.41, 5.74) is 7.64. The summed E-state index contributed by atoms with van der Waals surface area (Å²) < 4.78 is 17.6. The molecule has 170 valence electrons. The van der Waals surface area contributed by atoms with Gasteiger partial charge < -0.3 is 25.3 Å². The number of alkyl carbamates (subject to hydrolysis) is 1. The van der Waals surface area contributed by atoms with E-state index in [1.165, 1.54) is 6.33 Å². The Kier molecular flexibility index (Phi) is 7.92. The van der Waals surface area contributed by atoms with Gasteiger partial charge >= 0.3 is 12.1 Å². The lowest BCUT2D eigenvalue weighted by Gasteiger charge is -2.20. The number of rotatable bonds is 10. The lowest BCUT2D eigenvalue weighted by molar-refractivity contribution is -0.149. The molecule has 0 saturated heterocycles. The SMILES string of the molecule is CC(C)[C@H](NC(=O)OCc1ccccc1)C(=O)OCCOCn1cnc2c(N)ncnc21. The van der Waals surface area contributed by atoms with Crippen LogP contribution in [0.3, 0.4) is 0 Å². The molecule has 0 unspecified atom stereocenters. The Morgan fingerprint density at radius 2 is 1.88 bits per heavy atom. The maximum absolute atomic E-state index is 12.4. The number of fused-ring (bicyclic) bond motifs is 1. The highest BCUT2D eigenvalue weighted by atomic mass is 16.6. The minimum atomic E-state index is -0.837. The zero-order valence-electron chi connectivity index (χ0n) is 17.9. The van der Waals surface area contributed by atoms with Gasteiger partial charge in [0.05, 0.1) is 12.9 Å². The quantitative estimate of drug-likeness (QED) is 0.355. The second-order valence-corrected chi connectivity index (χ2v) is 7.28. The number of hydrogen-bond donors (Lipinski definition) is 2. The first-order valence-corrected chi connectivity index (χ1v) is 10.1. The summed E-state index contributed by atoms with van der Waals surface area (Å²) in [4.78, 5) is 36.6. The first kappa shape index (κ1) is 22.9. The molecule has 3 rings (SSSR count). The van der Waals surface area contributed by atoms with Crippen molar-refractivity contribution in [3.63, 3.8) is 0 Å². The van der Waals surface area contributed by atoms with E-state index in [0.29, 0.717) is 11.2 Å². The monoisotopic (exact) mass is 442 g/mol. The number of benzene rings is 1. The van der Waals surface area contributed by atoms with Crippen LogP contribution in [0.25, 0.3) is 11.2 Å². The van der Waals surface area contributed by atoms with Crippen LogP contribution < -0.4 is 11.1 Å². The average molecular weight is 442 g/mol. The molecule has 0 fully saturated rings. The number of imidazole rings is 1. The fourth-order valence-electron chi connectivity index (χ4n) is 2.84. The minimum Gasteiger partial charge on any atom is -0.462 e. The lowest BCUT2D eigenvalue weighted by atomic mass is 10.1. The Labute approximate surface area is 184 Å². The molecular weight excluding hydrogens is 416 g/mol. The van der Waals surface area contributed by atoms with Gasteiger partial charge in [0.15, 0.2) is 11.5 Å². The van der Waals surface area contributed by atoms with Gasteiger partial charge in [-0.3, -0.25) is 4.57 Å². The minimum absolute atomic E-state index is 0.0204. The van der Waals surface area contributed by atoms with Crippen LogP contribution in [0.15, 0.2) is 43.0 Å². The smallest absolute Gasteiger partial charge is 0.408 e. The largest absolute Gasteiger partial charge is 0.462 e. The molecule has 2 aromatic heterocycles. The maximum atomic E-state index is 12.4. The number of nitrogen functional groups attached to an aromatic ring is 1. The van der Waals surface area contributed by atoms with Crippen molar-refractivity contribution in [2.75, 3.05) is 18.9 Å². The molecule has 0 aliphatic rings. The summed E-state index contributed by atoms with van der Waals surface area (Å²) in [5.74, 6) is -0.457. The number of carbonyl (C=O) groups excluding carboxylic acids is 2. The van der Waals surface area contributed by atoms with E-state index in [4.69, 9.17) is 19.9 Å². The third-order valence-electron chi connectivity index (χ3n) is 4.54. The first-order valence-electron chi connectivity index (χ1n) is 10.1. The van der Waals surface area contributed by atoms with Crippen molar-refractivity contribution in [3.8, 4) is 0 Å². The van der Waals surface area contributed by atoms with E-state index in [9.17, 15) is 9.59 Å². The molecule has 1 atom stereocenters. The van der Waals surface area contributed by atoms with Crippen LogP contribution >= 0.6 is 0 Å². The summed E-state index contributed by atoms with van der Waals surface area (Å²) >= 11 is 0. The zero-order chi connectivity index (χ0) is 22.9. The Hall–Kier alpha value is -3.73. The fourth-order valence-corrected chi connectivity index (χ4v) is 2.84. The standard InChI is InChI=1S/C21H26N6O5/c1-14(2)16(26-21(29)32-10-15-6-4-3-5-7-15)20(28)31-9-8-30-13-27-12-25-17-18(22)23-11-24-19(17)27/h3-7,11-12,14,16H,8-10,13H2,1-2H3,(H,26,29)(H2,22,23,24)/t16-/m0/s1. The molecule has 0 aliphatic carbocycles. The van der Waals surface area contributed by atoms with E-state index in [0.717, 1.165) is 5.56 Å². The normalized spacial score (nSPS) is 12.0. The molecule has 0 radical (unpaired) electrons. The molecule has 0 spiro atoms. The average Bonchev–Trinajstić information content (AvgIpc) is 3.20. The first-order chi connectivity index (χ1) is 15.5. The molecule has 11 nitrogen and oxygen atoms in total. The van der Waals surface area contributed by atoms with Gasteiger partial charge in [0.2, 0.25) is 0 Å². The van der Waals surface area contributed by atoms with Gasteiger partial charge in [-0.1, -0.05) is 44.2 Å². The van der Waals surface area contributed by atoms with E-state index in [2.05, 4.69) is 20.3 Å². The fraction of sp³-hybridized carbons (Fsp3) is 0.381. The summed E-state index contributed by atoms with van der Waals surface area (Å²) in [7, 11) is 0. The Bertz CT molecular complexity index is 1040.